The molecule has 1 aliphatic carbocycles. The third kappa shape index (κ3) is 8.43. The summed E-state index contributed by atoms with van der Waals surface area (Å²) >= 11 is 0. The fraction of sp³-hybridized carbons (Fsp3) is 0.500. The summed E-state index contributed by atoms with van der Waals surface area (Å²) in [5, 5.41) is 0. The Morgan fingerprint density at radius 3 is 2.22 bits per heavy atom. The Bertz CT molecular complexity index is 962. The molecule has 3 rings (SSSR count). The molecule has 2 aromatic carbocycles. The summed E-state index contributed by atoms with van der Waals surface area (Å²) in [6.07, 6.45) is -8.17. The minimum atomic E-state index is -4.84. The van der Waals surface area contributed by atoms with E-state index in [9.17, 15) is 31.1 Å². The van der Waals surface area contributed by atoms with Crippen LogP contribution in [0, 0.1) is 5.92 Å². The third-order valence-electron chi connectivity index (χ3n) is 6.53. The van der Waals surface area contributed by atoms with E-state index < -0.39 is 24.9 Å². The molecule has 4 nitrogen and oxygen atoms in total. The van der Waals surface area contributed by atoms with Crippen molar-refractivity contribution in [3.05, 3.63) is 65.7 Å². The molecule has 0 heterocycles. The van der Waals surface area contributed by atoms with Gasteiger partial charge in [0.2, 0.25) is 0 Å². The molecule has 0 aromatic heterocycles. The van der Waals surface area contributed by atoms with Gasteiger partial charge in [0.05, 0.1) is 13.5 Å². The number of benzene rings is 2. The lowest BCUT2D eigenvalue weighted by Crippen LogP contribution is -2.45. The van der Waals surface area contributed by atoms with Crippen LogP contribution in [-0.2, 0) is 16.1 Å². The standard InChI is InChI=1S/C26H29F6NO3/c1-35-23(34)16-20-8-5-9-22(24(20)19-10-12-21(13-11-19)36-26(30,31)32)33(15-14-25(27,28)29)17-18-6-3-2-4-7-18/h2-4,6-7,10-13,20,22,24H,5,8-9,14-17H2,1H3/t20-,22-,24-/m1/s1. The third-order valence-corrected chi connectivity index (χ3v) is 6.53. The van der Waals surface area contributed by atoms with Gasteiger partial charge in [-0.05, 0) is 42.0 Å². The number of hydrogen-bond donors (Lipinski definition) is 0. The molecule has 3 atom stereocenters. The first kappa shape index (κ1) is 27.8. The van der Waals surface area contributed by atoms with E-state index in [0.29, 0.717) is 24.8 Å². The number of nitrogens with zero attached hydrogens (tertiary/aromatic N) is 1. The second-order valence-electron chi connectivity index (χ2n) is 9.00. The lowest BCUT2D eigenvalue weighted by molar-refractivity contribution is -0.274. The molecule has 0 aliphatic heterocycles. The van der Waals surface area contributed by atoms with Gasteiger partial charge >= 0.3 is 18.5 Å². The molecule has 10 heteroatoms. The zero-order chi connectivity index (χ0) is 26.3. The van der Waals surface area contributed by atoms with E-state index in [1.54, 1.807) is 4.90 Å². The van der Waals surface area contributed by atoms with E-state index in [1.165, 1.54) is 31.4 Å². The van der Waals surface area contributed by atoms with Gasteiger partial charge in [-0.25, -0.2) is 0 Å². The molecule has 0 amide bonds. The molecule has 0 unspecified atom stereocenters. The van der Waals surface area contributed by atoms with Gasteiger partial charge in [-0.15, -0.1) is 13.2 Å². The summed E-state index contributed by atoms with van der Waals surface area (Å²) in [7, 11) is 1.27. The normalized spacial score (nSPS) is 20.8. The zero-order valence-electron chi connectivity index (χ0n) is 19.8. The van der Waals surface area contributed by atoms with Crippen molar-refractivity contribution in [3.8, 4) is 5.75 Å². The fourth-order valence-corrected chi connectivity index (χ4v) is 5.04. The maximum Gasteiger partial charge on any atom is 0.573 e. The number of carbonyl (C=O) groups is 1. The van der Waals surface area contributed by atoms with Crippen LogP contribution >= 0.6 is 0 Å². The molecule has 0 N–H and O–H groups in total. The van der Waals surface area contributed by atoms with Crippen molar-refractivity contribution in [1.82, 2.24) is 4.90 Å². The van der Waals surface area contributed by atoms with Crippen molar-refractivity contribution >= 4 is 5.97 Å². The molecular formula is C26H29F6NO3. The van der Waals surface area contributed by atoms with Crippen LogP contribution in [0.4, 0.5) is 26.3 Å². The Kier molecular flexibility index (Phi) is 9.27. The van der Waals surface area contributed by atoms with Crippen LogP contribution in [0.15, 0.2) is 54.6 Å². The SMILES string of the molecule is COC(=O)C[C@H]1CCC[C@@H](N(CCC(F)(F)F)Cc2ccccc2)[C@@H]1c1ccc(OC(F)(F)F)cc1. The summed E-state index contributed by atoms with van der Waals surface area (Å²) in [6, 6.07) is 14.2. The van der Waals surface area contributed by atoms with E-state index in [-0.39, 0.29) is 43.1 Å². The number of alkyl halides is 6. The molecule has 1 fully saturated rings. The monoisotopic (exact) mass is 517 g/mol. The number of hydrogen-bond acceptors (Lipinski definition) is 4. The van der Waals surface area contributed by atoms with Crippen molar-refractivity contribution in [2.75, 3.05) is 13.7 Å². The first-order chi connectivity index (χ1) is 16.9. The average molecular weight is 518 g/mol. The summed E-state index contributed by atoms with van der Waals surface area (Å²) in [5.41, 5.74) is 1.50. The van der Waals surface area contributed by atoms with Crippen molar-refractivity contribution in [2.45, 2.75) is 63.1 Å². The van der Waals surface area contributed by atoms with Gasteiger partial charge in [0.25, 0.3) is 0 Å². The topological polar surface area (TPSA) is 38.8 Å². The van der Waals surface area contributed by atoms with E-state index in [1.807, 2.05) is 30.3 Å². The largest absolute Gasteiger partial charge is 0.573 e. The summed E-state index contributed by atoms with van der Waals surface area (Å²) in [4.78, 5) is 14.0. The highest BCUT2D eigenvalue weighted by molar-refractivity contribution is 5.69. The van der Waals surface area contributed by atoms with Crippen LogP contribution < -0.4 is 4.74 Å². The number of methoxy groups -OCH3 is 1. The van der Waals surface area contributed by atoms with Gasteiger partial charge in [-0.3, -0.25) is 9.69 Å². The van der Waals surface area contributed by atoms with Gasteiger partial charge in [-0.1, -0.05) is 48.9 Å². The van der Waals surface area contributed by atoms with Crippen molar-refractivity contribution in [2.24, 2.45) is 5.92 Å². The fourth-order valence-electron chi connectivity index (χ4n) is 5.04. The molecule has 198 valence electrons. The quantitative estimate of drug-likeness (QED) is 0.269. The zero-order valence-corrected chi connectivity index (χ0v) is 19.8. The van der Waals surface area contributed by atoms with Crippen molar-refractivity contribution in [3.63, 3.8) is 0 Å². The average Bonchev–Trinajstić information content (AvgIpc) is 2.81. The molecular weight excluding hydrogens is 488 g/mol. The molecule has 36 heavy (non-hydrogen) atoms. The van der Waals surface area contributed by atoms with E-state index in [2.05, 4.69) is 4.74 Å². The first-order valence-electron chi connectivity index (χ1n) is 11.7. The smallest absolute Gasteiger partial charge is 0.469 e. The minimum absolute atomic E-state index is 0.0664. The number of halogens is 6. The van der Waals surface area contributed by atoms with Crippen molar-refractivity contribution < 1.29 is 40.6 Å². The summed E-state index contributed by atoms with van der Waals surface area (Å²) in [5.74, 6) is -1.45. The number of carbonyl (C=O) groups excluding carboxylic acids is 1. The molecule has 1 aliphatic rings. The van der Waals surface area contributed by atoms with Crippen LogP contribution in [-0.4, -0.2) is 43.1 Å². The number of ether oxygens (including phenoxy) is 2. The lowest BCUT2D eigenvalue weighted by atomic mass is 9.70. The maximum absolute atomic E-state index is 13.2. The Morgan fingerprint density at radius 1 is 0.972 bits per heavy atom. The summed E-state index contributed by atoms with van der Waals surface area (Å²) in [6.45, 7) is 0.0398. The van der Waals surface area contributed by atoms with Crippen molar-refractivity contribution in [1.29, 1.82) is 0 Å². The van der Waals surface area contributed by atoms with Gasteiger partial charge in [0.15, 0.2) is 0 Å². The second-order valence-corrected chi connectivity index (χ2v) is 9.00. The number of rotatable bonds is 9. The Labute approximate surface area is 206 Å². The highest BCUT2D eigenvalue weighted by Gasteiger charge is 2.40. The molecule has 0 saturated heterocycles. The molecule has 1 saturated carbocycles. The highest BCUT2D eigenvalue weighted by Crippen LogP contribution is 2.43. The molecule has 2 aromatic rings. The maximum atomic E-state index is 13.2. The molecule has 0 bridgehead atoms. The highest BCUT2D eigenvalue weighted by atomic mass is 19.4. The number of esters is 1. The van der Waals surface area contributed by atoms with Gasteiger partial charge in [0, 0.05) is 31.5 Å². The Balaban J connectivity index is 1.96. The van der Waals surface area contributed by atoms with Crippen LogP contribution in [0.5, 0.6) is 5.75 Å². The van der Waals surface area contributed by atoms with Crippen LogP contribution in [0.2, 0.25) is 0 Å². The van der Waals surface area contributed by atoms with E-state index in [0.717, 1.165) is 5.56 Å². The molecule has 0 radical (unpaired) electrons. The van der Waals surface area contributed by atoms with E-state index >= 15 is 0 Å². The van der Waals surface area contributed by atoms with Crippen LogP contribution in [0.25, 0.3) is 0 Å². The Morgan fingerprint density at radius 2 is 1.64 bits per heavy atom. The van der Waals surface area contributed by atoms with Crippen LogP contribution in [0.1, 0.15) is 49.1 Å². The second kappa shape index (κ2) is 12.0. The van der Waals surface area contributed by atoms with E-state index in [4.69, 9.17) is 4.74 Å². The minimum Gasteiger partial charge on any atom is -0.469 e. The molecule has 0 spiro atoms. The van der Waals surface area contributed by atoms with Gasteiger partial charge in [0.1, 0.15) is 5.75 Å². The van der Waals surface area contributed by atoms with Crippen LogP contribution in [0.3, 0.4) is 0 Å². The van der Waals surface area contributed by atoms with Gasteiger partial charge in [-0.2, -0.15) is 13.2 Å². The summed E-state index contributed by atoms with van der Waals surface area (Å²) < 4.78 is 86.4. The van der Waals surface area contributed by atoms with Gasteiger partial charge < -0.3 is 9.47 Å². The lowest BCUT2D eigenvalue weighted by Gasteiger charge is -2.44. The predicted octanol–water partition coefficient (Wildman–Crippen LogP) is 6.86. The Hall–Kier alpha value is -2.75. The first-order valence-corrected chi connectivity index (χ1v) is 11.7. The predicted molar refractivity (Wildman–Crippen MR) is 121 cm³/mol.